The van der Waals surface area contributed by atoms with Gasteiger partial charge in [0.1, 0.15) is 0 Å². The Bertz CT molecular complexity index is 169. The van der Waals surface area contributed by atoms with Crippen LogP contribution in [0.3, 0.4) is 0 Å². The van der Waals surface area contributed by atoms with E-state index < -0.39 is 21.8 Å². The first-order valence-corrected chi connectivity index (χ1v) is 4.22. The second-order valence-corrected chi connectivity index (χ2v) is 3.65. The maximum absolute atomic E-state index is 11.9. The molecule has 7 heteroatoms. The van der Waals surface area contributed by atoms with Crippen LogP contribution < -0.4 is 0 Å². The van der Waals surface area contributed by atoms with E-state index in [1.807, 2.05) is 0 Å². The molecule has 0 aliphatic heterocycles. The highest BCUT2D eigenvalue weighted by molar-refractivity contribution is 9.12. The molecule has 0 bridgehead atoms. The van der Waals surface area contributed by atoms with Crippen LogP contribution in [-0.2, 0) is 4.79 Å². The summed E-state index contributed by atoms with van der Waals surface area (Å²) in [4.78, 5) is 10.1. The molecule has 0 heterocycles. The lowest BCUT2D eigenvalue weighted by atomic mass is 10.2. The molecule has 11 heavy (non-hydrogen) atoms. The van der Waals surface area contributed by atoms with Crippen LogP contribution in [0.2, 0.25) is 0 Å². The van der Waals surface area contributed by atoms with Gasteiger partial charge in [-0.2, -0.15) is 13.2 Å². The molecule has 0 saturated carbocycles. The molecule has 0 aromatic carbocycles. The Labute approximate surface area is 77.0 Å². The maximum Gasteiger partial charge on any atom is 0.415 e. The summed E-state index contributed by atoms with van der Waals surface area (Å²) >= 11 is 4.56. The predicted octanol–water partition coefficient (Wildman–Crippen LogP) is 2.16. The van der Waals surface area contributed by atoms with E-state index in [2.05, 4.69) is 31.9 Å². The zero-order valence-electron chi connectivity index (χ0n) is 4.95. The molecule has 66 valence electrons. The average Bonchev–Trinajstić information content (AvgIpc) is 1.83. The van der Waals surface area contributed by atoms with Crippen LogP contribution in [0.1, 0.15) is 0 Å². The van der Waals surface area contributed by atoms with E-state index in [0.717, 1.165) is 0 Å². The predicted molar refractivity (Wildman–Crippen MR) is 39.1 cm³/mol. The fraction of sp³-hybridized carbons (Fsp3) is 0.750. The summed E-state index contributed by atoms with van der Waals surface area (Å²) in [7, 11) is 0. The summed E-state index contributed by atoms with van der Waals surface area (Å²) in [5.41, 5.74) is 0. The fourth-order valence-corrected chi connectivity index (χ4v) is 0.812. The van der Waals surface area contributed by atoms with E-state index >= 15 is 0 Å². The van der Waals surface area contributed by atoms with Crippen LogP contribution in [0.15, 0.2) is 0 Å². The lowest BCUT2D eigenvalue weighted by molar-refractivity contribution is -0.177. The summed E-state index contributed by atoms with van der Waals surface area (Å²) in [6, 6.07) is 0. The maximum atomic E-state index is 11.9. The van der Waals surface area contributed by atoms with E-state index in [9.17, 15) is 18.0 Å². The molecular weight excluding hydrogens is 297 g/mol. The largest absolute Gasteiger partial charge is 0.480 e. The zero-order valence-corrected chi connectivity index (χ0v) is 8.12. The van der Waals surface area contributed by atoms with Crippen molar-refractivity contribution in [2.75, 3.05) is 5.33 Å². The fourth-order valence-electron chi connectivity index (χ4n) is 0.254. The molecule has 2 nitrogen and oxygen atoms in total. The highest BCUT2D eigenvalue weighted by Gasteiger charge is 2.58. The van der Waals surface area contributed by atoms with Crippen molar-refractivity contribution in [2.45, 2.75) is 10.5 Å². The van der Waals surface area contributed by atoms with Crippen LogP contribution in [0, 0.1) is 0 Å². The number of halogens is 5. The average molecular weight is 300 g/mol. The van der Waals surface area contributed by atoms with Crippen LogP contribution in [-0.4, -0.2) is 26.9 Å². The van der Waals surface area contributed by atoms with Gasteiger partial charge in [-0.05, 0) is 0 Å². The Hall–Kier alpha value is 0.220. The zero-order chi connectivity index (χ0) is 9.28. The van der Waals surface area contributed by atoms with E-state index in [1.54, 1.807) is 0 Å². The molecule has 0 aromatic heterocycles. The van der Waals surface area contributed by atoms with Gasteiger partial charge in [-0.25, -0.2) is 0 Å². The van der Waals surface area contributed by atoms with Crippen molar-refractivity contribution in [1.29, 1.82) is 0 Å². The normalized spacial score (nSPS) is 17.5. The highest BCUT2D eigenvalue weighted by Crippen LogP contribution is 2.39. The minimum atomic E-state index is -4.80. The van der Waals surface area contributed by atoms with Crippen molar-refractivity contribution in [3.8, 4) is 0 Å². The van der Waals surface area contributed by atoms with Crippen LogP contribution in [0.5, 0.6) is 0 Å². The Kier molecular flexibility index (Phi) is 3.37. The second kappa shape index (κ2) is 3.30. The van der Waals surface area contributed by atoms with E-state index in [4.69, 9.17) is 5.11 Å². The molecule has 0 fully saturated rings. The van der Waals surface area contributed by atoms with Gasteiger partial charge in [0.2, 0.25) is 4.32 Å². The summed E-state index contributed by atoms with van der Waals surface area (Å²) in [5.74, 6) is -1.96. The molecule has 0 saturated heterocycles. The van der Waals surface area contributed by atoms with E-state index in [-0.39, 0.29) is 0 Å². The standard InChI is InChI=1S/C4H3Br2F3O2/c5-1-3(6,2(10)11)4(7,8)9/h1H2,(H,10,11). The van der Waals surface area contributed by atoms with Gasteiger partial charge in [0.25, 0.3) is 0 Å². The van der Waals surface area contributed by atoms with Crippen molar-refractivity contribution in [2.24, 2.45) is 0 Å². The van der Waals surface area contributed by atoms with Gasteiger partial charge >= 0.3 is 12.1 Å². The monoisotopic (exact) mass is 298 g/mol. The number of carboxylic acids is 1. The molecule has 0 aromatic rings. The van der Waals surface area contributed by atoms with Gasteiger partial charge in [0.05, 0.1) is 0 Å². The molecule has 0 amide bonds. The lowest BCUT2D eigenvalue weighted by Gasteiger charge is -2.22. The number of rotatable bonds is 2. The third kappa shape index (κ3) is 2.08. The SMILES string of the molecule is O=C(O)C(Br)(CBr)C(F)(F)F. The quantitative estimate of drug-likeness (QED) is 0.794. The Balaban J connectivity index is 4.75. The molecule has 0 radical (unpaired) electrons. The van der Waals surface area contributed by atoms with Gasteiger partial charge in [-0.3, -0.25) is 4.79 Å². The Morgan fingerprint density at radius 3 is 1.82 bits per heavy atom. The van der Waals surface area contributed by atoms with Crippen LogP contribution in [0.25, 0.3) is 0 Å². The number of carboxylic acid groups (broad SMARTS) is 1. The second-order valence-electron chi connectivity index (χ2n) is 1.74. The van der Waals surface area contributed by atoms with E-state index in [0.29, 0.717) is 0 Å². The van der Waals surface area contributed by atoms with Crippen molar-refractivity contribution in [3.63, 3.8) is 0 Å². The molecule has 0 spiro atoms. The van der Waals surface area contributed by atoms with Gasteiger partial charge in [0, 0.05) is 5.33 Å². The van der Waals surface area contributed by atoms with Crippen molar-refractivity contribution < 1.29 is 23.1 Å². The molecule has 0 rings (SSSR count). The van der Waals surface area contributed by atoms with Gasteiger partial charge < -0.3 is 5.11 Å². The number of hydrogen-bond donors (Lipinski definition) is 1. The van der Waals surface area contributed by atoms with Gasteiger partial charge in [-0.15, -0.1) is 0 Å². The lowest BCUT2D eigenvalue weighted by Crippen LogP contribution is -2.48. The number of hydrogen-bond acceptors (Lipinski definition) is 1. The molecule has 0 aliphatic rings. The number of alkyl halides is 5. The van der Waals surface area contributed by atoms with Gasteiger partial charge in [-0.1, -0.05) is 31.9 Å². The minimum Gasteiger partial charge on any atom is -0.480 e. The first-order valence-electron chi connectivity index (χ1n) is 2.30. The Morgan fingerprint density at radius 1 is 1.45 bits per heavy atom. The van der Waals surface area contributed by atoms with E-state index in [1.165, 1.54) is 0 Å². The summed E-state index contributed by atoms with van der Waals surface area (Å²) in [5, 5.41) is 7.45. The molecule has 1 unspecified atom stereocenters. The molecule has 1 atom stereocenters. The highest BCUT2D eigenvalue weighted by atomic mass is 79.9. The van der Waals surface area contributed by atoms with Gasteiger partial charge in [0.15, 0.2) is 0 Å². The minimum absolute atomic E-state index is 0.723. The molecule has 1 N–H and O–H groups in total. The first kappa shape index (κ1) is 11.2. The molecule has 0 aliphatic carbocycles. The topological polar surface area (TPSA) is 37.3 Å². The summed E-state index contributed by atoms with van der Waals surface area (Å²) in [6.07, 6.45) is -4.80. The smallest absolute Gasteiger partial charge is 0.415 e. The molecular formula is C4H3Br2F3O2. The summed E-state index contributed by atoms with van der Waals surface area (Å²) < 4.78 is 32.8. The van der Waals surface area contributed by atoms with Crippen molar-refractivity contribution in [3.05, 3.63) is 0 Å². The first-order chi connectivity index (χ1) is 4.75. The van der Waals surface area contributed by atoms with Crippen LogP contribution in [0.4, 0.5) is 13.2 Å². The number of aliphatic carboxylic acids is 1. The third-order valence-electron chi connectivity index (χ3n) is 0.972. The number of carbonyl (C=O) groups is 1. The van der Waals surface area contributed by atoms with Crippen LogP contribution >= 0.6 is 31.9 Å². The Morgan fingerprint density at radius 2 is 1.82 bits per heavy atom. The van der Waals surface area contributed by atoms with Crippen molar-refractivity contribution >= 4 is 37.8 Å². The summed E-state index contributed by atoms with van der Waals surface area (Å²) in [6.45, 7) is 0. The van der Waals surface area contributed by atoms with Crippen molar-refractivity contribution in [1.82, 2.24) is 0 Å². The third-order valence-corrected chi connectivity index (χ3v) is 3.64.